The van der Waals surface area contributed by atoms with Crippen LogP contribution in [-0.4, -0.2) is 28.3 Å². The molecule has 0 radical (unpaired) electrons. The Kier molecular flexibility index (Phi) is 6.61. The number of Topliss-reactive ketones (excluding diaryl/α,β-unsaturated/α-hetero) is 1. The number of allylic oxidation sites excluding steroid dienone is 3. The summed E-state index contributed by atoms with van der Waals surface area (Å²) in [5.41, 5.74) is 9.23. The Hall–Kier alpha value is -2.83. The number of ether oxygens (including phenoxy) is 1. The Morgan fingerprint density at radius 1 is 1.18 bits per heavy atom. The normalized spacial score (nSPS) is 21.5. The lowest BCUT2D eigenvalue weighted by molar-refractivity contribution is -0.116. The van der Waals surface area contributed by atoms with Gasteiger partial charge in [0.05, 0.1) is 24.7 Å². The number of hydrogen-bond donors (Lipinski definition) is 1. The first-order chi connectivity index (χ1) is 16.6. The van der Waals surface area contributed by atoms with Gasteiger partial charge in [-0.05, 0) is 31.7 Å². The van der Waals surface area contributed by atoms with Crippen LogP contribution in [0.2, 0.25) is 0 Å². The van der Waals surface area contributed by atoms with Gasteiger partial charge in [0, 0.05) is 28.5 Å². The number of hydrogen-bond acceptors (Lipinski definition) is 9. The van der Waals surface area contributed by atoms with E-state index in [-0.39, 0.29) is 5.78 Å². The van der Waals surface area contributed by atoms with Crippen LogP contribution in [0.5, 0.6) is 5.75 Å². The number of ketones is 1. The minimum atomic E-state index is -0.552. The van der Waals surface area contributed by atoms with Gasteiger partial charge < -0.3 is 10.5 Å². The molecule has 0 saturated heterocycles. The first-order valence-electron chi connectivity index (χ1n) is 11.7. The van der Waals surface area contributed by atoms with Crippen LogP contribution in [0.4, 0.5) is 5.13 Å². The number of nitriles is 1. The van der Waals surface area contributed by atoms with Gasteiger partial charge in [-0.3, -0.25) is 9.69 Å². The number of carbonyl (C=O) groups excluding carboxylic acids is 1. The highest BCUT2D eigenvalue weighted by Gasteiger charge is 2.42. The fourth-order valence-electron chi connectivity index (χ4n) is 5.19. The molecule has 2 heterocycles. The van der Waals surface area contributed by atoms with Gasteiger partial charge in [-0.2, -0.15) is 5.26 Å². The summed E-state index contributed by atoms with van der Waals surface area (Å²) in [6, 6.07) is 9.82. The third kappa shape index (κ3) is 4.10. The smallest absolute Gasteiger partial charge is 0.219 e. The molecular formula is C25H27N5O2S2. The van der Waals surface area contributed by atoms with Crippen LogP contribution < -0.4 is 15.4 Å². The van der Waals surface area contributed by atoms with Crippen LogP contribution in [0, 0.1) is 11.3 Å². The quantitative estimate of drug-likeness (QED) is 0.600. The van der Waals surface area contributed by atoms with E-state index in [0.29, 0.717) is 45.9 Å². The predicted octanol–water partition coefficient (Wildman–Crippen LogP) is 5.28. The van der Waals surface area contributed by atoms with E-state index in [1.165, 1.54) is 43.4 Å². The Morgan fingerprint density at radius 3 is 2.74 bits per heavy atom. The van der Waals surface area contributed by atoms with Gasteiger partial charge >= 0.3 is 0 Å². The maximum absolute atomic E-state index is 13.3. The molecule has 176 valence electrons. The summed E-state index contributed by atoms with van der Waals surface area (Å²) in [5.74, 6) is 0.443. The number of rotatable bonds is 5. The molecule has 1 unspecified atom stereocenters. The van der Waals surface area contributed by atoms with Crippen LogP contribution in [0.15, 0.2) is 51.3 Å². The van der Waals surface area contributed by atoms with E-state index in [9.17, 15) is 10.1 Å². The molecule has 1 fully saturated rings. The summed E-state index contributed by atoms with van der Waals surface area (Å²) in [7, 11) is 1.60. The molecule has 1 aliphatic heterocycles. The Labute approximate surface area is 207 Å². The third-order valence-corrected chi connectivity index (χ3v) is 9.10. The molecule has 0 spiro atoms. The van der Waals surface area contributed by atoms with Crippen molar-refractivity contribution in [3.8, 4) is 11.8 Å². The van der Waals surface area contributed by atoms with E-state index in [4.69, 9.17) is 10.5 Å². The van der Waals surface area contributed by atoms with Crippen molar-refractivity contribution in [1.82, 2.24) is 10.2 Å². The summed E-state index contributed by atoms with van der Waals surface area (Å²) in [6.45, 7) is 0. The van der Waals surface area contributed by atoms with Crippen LogP contribution in [0.25, 0.3) is 0 Å². The topological polar surface area (TPSA) is 105 Å². The molecular weight excluding hydrogens is 466 g/mol. The molecule has 1 aromatic heterocycles. The number of nitrogens with two attached hydrogens (primary N) is 1. The maximum atomic E-state index is 13.3. The van der Waals surface area contributed by atoms with Crippen molar-refractivity contribution >= 4 is 34.0 Å². The van der Waals surface area contributed by atoms with Crippen LogP contribution in [0.3, 0.4) is 0 Å². The third-order valence-electron chi connectivity index (χ3n) is 6.77. The van der Waals surface area contributed by atoms with Gasteiger partial charge in [0.2, 0.25) is 5.13 Å². The van der Waals surface area contributed by atoms with Crippen molar-refractivity contribution in [2.75, 3.05) is 12.0 Å². The lowest BCUT2D eigenvalue weighted by Gasteiger charge is -2.38. The van der Waals surface area contributed by atoms with Crippen molar-refractivity contribution in [3.05, 3.63) is 52.5 Å². The number of carbonyl (C=O) groups is 1. The number of benzene rings is 1. The van der Waals surface area contributed by atoms with E-state index in [2.05, 4.69) is 16.3 Å². The Morgan fingerprint density at radius 2 is 1.97 bits per heavy atom. The van der Waals surface area contributed by atoms with Crippen molar-refractivity contribution < 1.29 is 9.53 Å². The predicted molar refractivity (Wildman–Crippen MR) is 134 cm³/mol. The highest BCUT2D eigenvalue weighted by atomic mass is 32.2. The lowest BCUT2D eigenvalue weighted by atomic mass is 9.75. The second-order valence-corrected chi connectivity index (χ2v) is 11.3. The van der Waals surface area contributed by atoms with Crippen molar-refractivity contribution in [3.63, 3.8) is 0 Å². The summed E-state index contributed by atoms with van der Waals surface area (Å²) in [6.07, 6.45) is 8.13. The second kappa shape index (κ2) is 9.80. The highest BCUT2D eigenvalue weighted by Crippen LogP contribution is 2.49. The summed E-state index contributed by atoms with van der Waals surface area (Å²) >= 11 is 3.27. The molecule has 9 heteroatoms. The largest absolute Gasteiger partial charge is 0.496 e. The lowest BCUT2D eigenvalue weighted by Crippen LogP contribution is -2.38. The van der Waals surface area contributed by atoms with Gasteiger partial charge in [0.25, 0.3) is 0 Å². The fraction of sp³-hybridized carbons (Fsp3) is 0.440. The summed E-state index contributed by atoms with van der Waals surface area (Å²) in [5, 5.41) is 20.3. The van der Waals surface area contributed by atoms with Crippen LogP contribution >= 0.6 is 23.1 Å². The van der Waals surface area contributed by atoms with Gasteiger partial charge in [-0.15, -0.1) is 10.2 Å². The molecule has 2 N–H and O–H groups in total. The van der Waals surface area contributed by atoms with Crippen molar-refractivity contribution in [2.45, 2.75) is 66.9 Å². The number of thioether (sulfide) groups is 1. The SMILES string of the molecule is COc1ccccc1C1C(C#N)=C(N)N(c2nnc(SC3CCCCC3)s2)C2=C1C(=O)CCC2. The zero-order valence-electron chi connectivity index (χ0n) is 19.1. The van der Waals surface area contributed by atoms with Crippen LogP contribution in [0.1, 0.15) is 62.8 Å². The molecule has 1 atom stereocenters. The molecule has 1 saturated carbocycles. The number of aromatic nitrogens is 2. The monoisotopic (exact) mass is 493 g/mol. The molecule has 1 aromatic carbocycles. The summed E-state index contributed by atoms with van der Waals surface area (Å²) in [4.78, 5) is 15.1. The fourth-order valence-corrected chi connectivity index (χ4v) is 7.57. The van der Waals surface area contributed by atoms with E-state index in [1.807, 2.05) is 24.3 Å². The molecule has 5 rings (SSSR count). The maximum Gasteiger partial charge on any atom is 0.219 e. The van der Waals surface area contributed by atoms with Crippen LogP contribution in [-0.2, 0) is 4.79 Å². The number of nitrogens with zero attached hydrogens (tertiary/aromatic N) is 4. The number of para-hydroxylation sites is 1. The summed E-state index contributed by atoms with van der Waals surface area (Å²) < 4.78 is 6.49. The van der Waals surface area contributed by atoms with E-state index in [1.54, 1.807) is 23.8 Å². The molecule has 2 aromatic rings. The molecule has 0 bridgehead atoms. The minimum Gasteiger partial charge on any atom is -0.496 e. The molecule has 34 heavy (non-hydrogen) atoms. The van der Waals surface area contributed by atoms with Gasteiger partial charge in [-0.1, -0.05) is 60.6 Å². The first-order valence-corrected chi connectivity index (χ1v) is 13.4. The van der Waals surface area contributed by atoms with Gasteiger partial charge in [0.15, 0.2) is 10.1 Å². The number of methoxy groups -OCH3 is 1. The van der Waals surface area contributed by atoms with Crippen molar-refractivity contribution in [1.29, 1.82) is 5.26 Å². The standard InChI is InChI=1S/C25H27N5O2S2/c1-32-20-13-6-5-10-16(20)21-17(14-26)23(27)30(18-11-7-12-19(31)22(18)21)24-28-29-25(34-24)33-15-8-3-2-4-9-15/h5-6,10,13,15,21H,2-4,7-9,11-12,27H2,1H3. The zero-order chi connectivity index (χ0) is 23.7. The van der Waals surface area contributed by atoms with E-state index >= 15 is 0 Å². The zero-order valence-corrected chi connectivity index (χ0v) is 20.8. The molecule has 2 aliphatic carbocycles. The molecule has 7 nitrogen and oxygen atoms in total. The number of anilines is 1. The highest BCUT2D eigenvalue weighted by molar-refractivity contribution is 8.01. The second-order valence-electron chi connectivity index (χ2n) is 8.79. The first kappa shape index (κ1) is 22.9. The molecule has 0 amide bonds. The van der Waals surface area contributed by atoms with Gasteiger partial charge in [-0.25, -0.2) is 0 Å². The minimum absolute atomic E-state index is 0.0451. The van der Waals surface area contributed by atoms with E-state index in [0.717, 1.165) is 22.0 Å². The average molecular weight is 494 g/mol. The van der Waals surface area contributed by atoms with Crippen molar-refractivity contribution in [2.24, 2.45) is 5.73 Å². The average Bonchev–Trinajstić information content (AvgIpc) is 3.31. The Balaban J connectivity index is 1.58. The molecule has 3 aliphatic rings. The Bertz CT molecular complexity index is 1210. The van der Waals surface area contributed by atoms with E-state index < -0.39 is 5.92 Å². The van der Waals surface area contributed by atoms with Gasteiger partial charge in [0.1, 0.15) is 11.6 Å².